The second-order valence-electron chi connectivity index (χ2n) is 4.17. The molecule has 2 aromatic heterocycles. The number of carbonyl (C=O) groups excluding carboxylic acids is 3. The Kier molecular flexibility index (Phi) is 2.52. The van der Waals surface area contributed by atoms with E-state index in [2.05, 4.69) is 10.3 Å². The Labute approximate surface area is 107 Å². The molecule has 0 aromatic carbocycles. The van der Waals surface area contributed by atoms with E-state index in [1.807, 2.05) is 0 Å². The van der Waals surface area contributed by atoms with Crippen LogP contribution in [0, 0.1) is 0 Å². The molecule has 7 nitrogen and oxygen atoms in total. The minimum Gasteiger partial charge on any atom is -0.297 e. The van der Waals surface area contributed by atoms with E-state index in [-0.39, 0.29) is 12.3 Å². The molecule has 1 fully saturated rings. The summed E-state index contributed by atoms with van der Waals surface area (Å²) >= 11 is 0. The number of nitrogens with zero attached hydrogens (tertiary/aromatic N) is 3. The third-order valence-electron chi connectivity index (χ3n) is 3.01. The summed E-state index contributed by atoms with van der Waals surface area (Å²) < 4.78 is 1.63. The molecule has 3 rings (SSSR count). The molecule has 1 aliphatic rings. The second-order valence-corrected chi connectivity index (χ2v) is 4.17. The summed E-state index contributed by atoms with van der Waals surface area (Å²) in [6.07, 6.45) is 4.18. The van der Waals surface area contributed by atoms with Gasteiger partial charge in [0.1, 0.15) is 5.65 Å². The number of amides is 3. The van der Waals surface area contributed by atoms with Gasteiger partial charge in [-0.25, -0.2) is 9.78 Å². The van der Waals surface area contributed by atoms with Crippen molar-refractivity contribution in [3.8, 4) is 0 Å². The van der Waals surface area contributed by atoms with Crippen LogP contribution in [-0.2, 0) is 4.79 Å². The normalized spacial score (nSPS) is 15.7. The number of imide groups is 1. The fraction of sp³-hybridized carbons (Fsp3) is 0.167. The van der Waals surface area contributed by atoms with Crippen LogP contribution in [0.4, 0.5) is 10.5 Å². The Balaban J connectivity index is 2.07. The molecule has 3 amide bonds. The molecule has 1 saturated heterocycles. The summed E-state index contributed by atoms with van der Waals surface area (Å²) in [5.74, 6) is -0.293. The molecular weight excluding hydrogens is 248 g/mol. The predicted molar refractivity (Wildman–Crippen MR) is 66.1 cm³/mol. The molecule has 3 heterocycles. The van der Waals surface area contributed by atoms with Crippen molar-refractivity contribution in [1.29, 1.82) is 0 Å². The first-order valence-corrected chi connectivity index (χ1v) is 5.72. The highest BCUT2D eigenvalue weighted by molar-refractivity contribution is 6.06. The van der Waals surface area contributed by atoms with E-state index in [9.17, 15) is 14.4 Å². The first kappa shape index (κ1) is 11.4. The van der Waals surface area contributed by atoms with Crippen LogP contribution in [0.3, 0.4) is 0 Å². The van der Waals surface area contributed by atoms with Gasteiger partial charge in [-0.15, -0.1) is 0 Å². The van der Waals surface area contributed by atoms with E-state index in [1.165, 1.54) is 4.90 Å². The smallest absolute Gasteiger partial charge is 0.297 e. The number of hydrogen-bond acceptors (Lipinski definition) is 4. The Bertz CT molecular complexity index is 691. The number of carbonyl (C=O) groups is 3. The Morgan fingerprint density at radius 1 is 1.32 bits per heavy atom. The van der Waals surface area contributed by atoms with Gasteiger partial charge >= 0.3 is 6.03 Å². The zero-order valence-electron chi connectivity index (χ0n) is 9.87. The van der Waals surface area contributed by atoms with Crippen molar-refractivity contribution >= 4 is 29.6 Å². The van der Waals surface area contributed by atoms with Crippen LogP contribution < -0.4 is 10.2 Å². The minimum absolute atomic E-state index is 0.238. The molecule has 0 saturated carbocycles. The SMILES string of the molecule is O=Cc1cc(N2CCC(=O)NC2=O)cc2nccn12. The number of imidazole rings is 1. The highest BCUT2D eigenvalue weighted by atomic mass is 16.2. The van der Waals surface area contributed by atoms with Crippen molar-refractivity contribution in [1.82, 2.24) is 14.7 Å². The van der Waals surface area contributed by atoms with Gasteiger partial charge in [0.15, 0.2) is 6.29 Å². The largest absolute Gasteiger partial charge is 0.328 e. The molecule has 1 N–H and O–H groups in total. The zero-order chi connectivity index (χ0) is 13.4. The molecule has 2 aromatic rings. The van der Waals surface area contributed by atoms with Gasteiger partial charge in [0.25, 0.3) is 0 Å². The quantitative estimate of drug-likeness (QED) is 0.799. The first-order chi connectivity index (χ1) is 9.19. The molecule has 0 bridgehead atoms. The van der Waals surface area contributed by atoms with Crippen molar-refractivity contribution in [3.63, 3.8) is 0 Å². The van der Waals surface area contributed by atoms with Crippen LogP contribution >= 0.6 is 0 Å². The monoisotopic (exact) mass is 258 g/mol. The summed E-state index contributed by atoms with van der Waals surface area (Å²) in [4.78, 5) is 39.5. The summed E-state index contributed by atoms with van der Waals surface area (Å²) in [5, 5.41) is 2.24. The minimum atomic E-state index is -0.482. The van der Waals surface area contributed by atoms with Gasteiger partial charge in [-0.3, -0.25) is 24.2 Å². The van der Waals surface area contributed by atoms with Gasteiger partial charge in [-0.1, -0.05) is 0 Å². The topological polar surface area (TPSA) is 83.8 Å². The molecule has 0 aliphatic carbocycles. The van der Waals surface area contributed by atoms with Crippen LogP contribution in [-0.4, -0.2) is 34.2 Å². The first-order valence-electron chi connectivity index (χ1n) is 5.72. The fourth-order valence-corrected chi connectivity index (χ4v) is 2.09. The number of rotatable bonds is 2. The van der Waals surface area contributed by atoms with Gasteiger partial charge in [-0.05, 0) is 6.07 Å². The van der Waals surface area contributed by atoms with E-state index in [0.717, 1.165) is 0 Å². The molecule has 0 spiro atoms. The number of hydrogen-bond donors (Lipinski definition) is 1. The van der Waals surface area contributed by atoms with Crippen LogP contribution in [0.25, 0.3) is 5.65 Å². The van der Waals surface area contributed by atoms with Gasteiger partial charge in [-0.2, -0.15) is 0 Å². The van der Waals surface area contributed by atoms with E-state index in [0.29, 0.717) is 29.9 Å². The molecule has 19 heavy (non-hydrogen) atoms. The molecule has 1 aliphatic heterocycles. The summed E-state index contributed by atoms with van der Waals surface area (Å²) in [6, 6.07) is 2.81. The lowest BCUT2D eigenvalue weighted by Crippen LogP contribution is -2.49. The fourth-order valence-electron chi connectivity index (χ4n) is 2.09. The molecule has 96 valence electrons. The molecular formula is C12H10N4O3. The summed E-state index contributed by atoms with van der Waals surface area (Å²) in [5.41, 5.74) is 1.52. The van der Waals surface area contributed by atoms with E-state index in [1.54, 1.807) is 28.9 Å². The Morgan fingerprint density at radius 3 is 2.89 bits per heavy atom. The van der Waals surface area contributed by atoms with Gasteiger partial charge in [0, 0.05) is 31.4 Å². The number of aromatic nitrogens is 2. The van der Waals surface area contributed by atoms with Crippen LogP contribution in [0.1, 0.15) is 16.9 Å². The highest BCUT2D eigenvalue weighted by Gasteiger charge is 2.25. The number of pyridine rings is 1. The van der Waals surface area contributed by atoms with Crippen molar-refractivity contribution in [3.05, 3.63) is 30.2 Å². The van der Waals surface area contributed by atoms with Crippen LogP contribution in [0.15, 0.2) is 24.5 Å². The maximum absolute atomic E-state index is 11.8. The number of fused-ring (bicyclic) bond motifs is 1. The number of aldehydes is 1. The summed E-state index contributed by atoms with van der Waals surface area (Å²) in [7, 11) is 0. The molecule has 0 atom stereocenters. The molecule has 7 heteroatoms. The second kappa shape index (κ2) is 4.20. The molecule has 0 radical (unpaired) electrons. The standard InChI is InChI=1S/C12H10N4O3/c17-7-9-5-8(6-10-13-2-4-15(9)10)16-3-1-11(18)14-12(16)19/h2,4-7H,1,3H2,(H,14,18,19). The average Bonchev–Trinajstić information content (AvgIpc) is 2.85. The Hall–Kier alpha value is -2.70. The molecule has 0 unspecified atom stereocenters. The van der Waals surface area contributed by atoms with Crippen molar-refractivity contribution < 1.29 is 14.4 Å². The number of anilines is 1. The summed E-state index contributed by atoms with van der Waals surface area (Å²) in [6.45, 7) is 0.292. The van der Waals surface area contributed by atoms with Gasteiger partial charge < -0.3 is 0 Å². The number of nitrogens with one attached hydrogen (secondary N) is 1. The maximum atomic E-state index is 11.8. The van der Waals surface area contributed by atoms with E-state index in [4.69, 9.17) is 0 Å². The average molecular weight is 258 g/mol. The van der Waals surface area contributed by atoms with Crippen LogP contribution in [0.2, 0.25) is 0 Å². The lowest BCUT2D eigenvalue weighted by molar-refractivity contribution is -0.120. The third-order valence-corrected chi connectivity index (χ3v) is 3.01. The Morgan fingerprint density at radius 2 is 2.16 bits per heavy atom. The zero-order valence-corrected chi connectivity index (χ0v) is 9.87. The van der Waals surface area contributed by atoms with Crippen molar-refractivity contribution in [2.24, 2.45) is 0 Å². The third kappa shape index (κ3) is 1.85. The van der Waals surface area contributed by atoms with Crippen molar-refractivity contribution in [2.75, 3.05) is 11.4 Å². The lowest BCUT2D eigenvalue weighted by Gasteiger charge is -2.26. The number of urea groups is 1. The van der Waals surface area contributed by atoms with Gasteiger partial charge in [0.2, 0.25) is 5.91 Å². The highest BCUT2D eigenvalue weighted by Crippen LogP contribution is 2.20. The van der Waals surface area contributed by atoms with E-state index >= 15 is 0 Å². The van der Waals surface area contributed by atoms with E-state index < -0.39 is 6.03 Å². The van der Waals surface area contributed by atoms with Crippen LogP contribution in [0.5, 0.6) is 0 Å². The predicted octanol–water partition coefficient (Wildman–Crippen LogP) is 0.593. The lowest BCUT2D eigenvalue weighted by atomic mass is 10.2. The van der Waals surface area contributed by atoms with Crippen molar-refractivity contribution in [2.45, 2.75) is 6.42 Å². The van der Waals surface area contributed by atoms with Gasteiger partial charge in [0.05, 0.1) is 11.4 Å². The maximum Gasteiger partial charge on any atom is 0.328 e.